The predicted octanol–water partition coefficient (Wildman–Crippen LogP) is 3.51. The molecule has 2 rings (SSSR count). The molecule has 0 bridgehead atoms. The van der Waals surface area contributed by atoms with Gasteiger partial charge in [-0.1, -0.05) is 35.2 Å². The summed E-state index contributed by atoms with van der Waals surface area (Å²) < 4.78 is 6.34. The zero-order chi connectivity index (χ0) is 14.2. The lowest BCUT2D eigenvalue weighted by Crippen LogP contribution is -2.25. The van der Waals surface area contributed by atoms with Gasteiger partial charge in [-0.3, -0.25) is 4.79 Å². The van der Waals surface area contributed by atoms with E-state index in [0.717, 1.165) is 4.47 Å². The molecule has 0 radical (unpaired) electrons. The summed E-state index contributed by atoms with van der Waals surface area (Å²) in [6.07, 6.45) is 8.05. The maximum Gasteiger partial charge on any atom is 0.277 e. The highest BCUT2D eigenvalue weighted by Gasteiger charge is 2.10. The Kier molecular flexibility index (Phi) is 6.05. The van der Waals surface area contributed by atoms with E-state index < -0.39 is 0 Å². The molecule has 0 atom stereocenters. The predicted molar refractivity (Wildman–Crippen MR) is 82.8 cm³/mol. The van der Waals surface area contributed by atoms with E-state index in [4.69, 9.17) is 4.74 Å². The van der Waals surface area contributed by atoms with Crippen LogP contribution in [0.5, 0.6) is 5.75 Å². The third kappa shape index (κ3) is 5.33. The summed E-state index contributed by atoms with van der Waals surface area (Å²) in [5, 5.41) is 4.01. The van der Waals surface area contributed by atoms with Gasteiger partial charge >= 0.3 is 0 Å². The van der Waals surface area contributed by atoms with Gasteiger partial charge in [-0.25, -0.2) is 5.43 Å². The van der Waals surface area contributed by atoms with Crippen LogP contribution in [0.3, 0.4) is 0 Å². The fraction of sp³-hybridized carbons (Fsp3) is 0.467. The first kappa shape index (κ1) is 15.0. The van der Waals surface area contributed by atoms with Crippen molar-refractivity contribution in [1.82, 2.24) is 5.43 Å². The second-order valence-corrected chi connectivity index (χ2v) is 5.87. The molecule has 1 aliphatic rings. The van der Waals surface area contributed by atoms with Crippen molar-refractivity contribution in [3.63, 3.8) is 0 Å². The first-order valence-corrected chi connectivity index (χ1v) is 7.74. The van der Waals surface area contributed by atoms with Crippen LogP contribution in [0.2, 0.25) is 0 Å². The Hall–Kier alpha value is -1.36. The van der Waals surface area contributed by atoms with Crippen LogP contribution in [0.1, 0.15) is 32.1 Å². The van der Waals surface area contributed by atoms with Crippen molar-refractivity contribution >= 4 is 28.1 Å². The van der Waals surface area contributed by atoms with Crippen LogP contribution in [0.25, 0.3) is 0 Å². The lowest BCUT2D eigenvalue weighted by molar-refractivity contribution is -0.123. The summed E-state index contributed by atoms with van der Waals surface area (Å²) in [6.45, 7) is -0.0242. The van der Waals surface area contributed by atoms with Crippen LogP contribution in [-0.2, 0) is 4.79 Å². The average Bonchev–Trinajstić information content (AvgIpc) is 2.48. The number of hydrogen-bond donors (Lipinski definition) is 1. The molecule has 1 aromatic rings. The molecule has 0 unspecified atom stereocenters. The molecule has 1 fully saturated rings. The third-order valence-electron chi connectivity index (χ3n) is 3.31. The molecule has 0 spiro atoms. The number of ether oxygens (including phenoxy) is 1. The van der Waals surface area contributed by atoms with Crippen molar-refractivity contribution in [3.05, 3.63) is 28.7 Å². The maximum absolute atomic E-state index is 11.6. The lowest BCUT2D eigenvalue weighted by atomic mass is 9.90. The van der Waals surface area contributed by atoms with E-state index in [2.05, 4.69) is 26.5 Å². The van der Waals surface area contributed by atoms with Gasteiger partial charge in [0.15, 0.2) is 6.61 Å². The van der Waals surface area contributed by atoms with Crippen molar-refractivity contribution in [2.75, 3.05) is 6.61 Å². The van der Waals surface area contributed by atoms with Crippen LogP contribution in [-0.4, -0.2) is 18.7 Å². The van der Waals surface area contributed by atoms with Crippen molar-refractivity contribution in [3.8, 4) is 5.75 Å². The van der Waals surface area contributed by atoms with Crippen molar-refractivity contribution in [2.24, 2.45) is 11.0 Å². The van der Waals surface area contributed by atoms with E-state index in [1.165, 1.54) is 32.1 Å². The normalized spacial score (nSPS) is 16.2. The Morgan fingerprint density at radius 1 is 1.30 bits per heavy atom. The molecule has 0 aliphatic heterocycles. The third-order valence-corrected chi connectivity index (χ3v) is 3.84. The number of rotatable bonds is 5. The van der Waals surface area contributed by atoms with Gasteiger partial charge < -0.3 is 4.74 Å². The molecule has 1 aliphatic carbocycles. The molecule has 4 nitrogen and oxygen atoms in total. The molecule has 0 heterocycles. The number of amides is 1. The van der Waals surface area contributed by atoms with Gasteiger partial charge in [-0.2, -0.15) is 5.10 Å². The van der Waals surface area contributed by atoms with Crippen molar-refractivity contribution in [1.29, 1.82) is 0 Å². The second kappa shape index (κ2) is 8.04. The smallest absolute Gasteiger partial charge is 0.277 e. The van der Waals surface area contributed by atoms with Gasteiger partial charge in [-0.05, 0) is 43.0 Å². The SMILES string of the molecule is O=C(COc1ccc(Br)cc1)N/N=C\C1CCCCC1. The van der Waals surface area contributed by atoms with Gasteiger partial charge in [0.1, 0.15) is 5.75 Å². The van der Waals surface area contributed by atoms with Crippen molar-refractivity contribution in [2.45, 2.75) is 32.1 Å². The van der Waals surface area contributed by atoms with Crippen LogP contribution in [0.4, 0.5) is 0 Å². The average molecular weight is 339 g/mol. The van der Waals surface area contributed by atoms with E-state index in [0.29, 0.717) is 11.7 Å². The quantitative estimate of drug-likeness (QED) is 0.659. The number of carbonyl (C=O) groups is 1. The van der Waals surface area contributed by atoms with Gasteiger partial charge in [0.05, 0.1) is 0 Å². The largest absolute Gasteiger partial charge is 0.484 e. The van der Waals surface area contributed by atoms with Gasteiger partial charge in [0.2, 0.25) is 0 Å². The molecule has 1 aromatic carbocycles. The van der Waals surface area contributed by atoms with E-state index in [9.17, 15) is 4.79 Å². The number of hydrogen-bond acceptors (Lipinski definition) is 3. The van der Waals surface area contributed by atoms with E-state index >= 15 is 0 Å². The van der Waals surface area contributed by atoms with Gasteiger partial charge in [0, 0.05) is 10.7 Å². The molecule has 5 heteroatoms. The summed E-state index contributed by atoms with van der Waals surface area (Å²) in [4.78, 5) is 11.6. The summed E-state index contributed by atoms with van der Waals surface area (Å²) in [5.74, 6) is 0.941. The minimum atomic E-state index is -0.236. The molecule has 20 heavy (non-hydrogen) atoms. The molecular weight excluding hydrogens is 320 g/mol. The van der Waals surface area contributed by atoms with Crippen LogP contribution in [0, 0.1) is 5.92 Å². The van der Waals surface area contributed by atoms with Gasteiger partial charge in [-0.15, -0.1) is 0 Å². The van der Waals surface area contributed by atoms with Crippen LogP contribution < -0.4 is 10.2 Å². The number of nitrogens with zero attached hydrogens (tertiary/aromatic N) is 1. The fourth-order valence-corrected chi connectivity index (χ4v) is 2.47. The maximum atomic E-state index is 11.6. The van der Waals surface area contributed by atoms with E-state index in [1.807, 2.05) is 30.5 Å². The monoisotopic (exact) mass is 338 g/mol. The number of benzene rings is 1. The number of nitrogens with one attached hydrogen (secondary N) is 1. The van der Waals surface area contributed by atoms with E-state index in [1.54, 1.807) is 0 Å². The first-order chi connectivity index (χ1) is 9.74. The second-order valence-electron chi connectivity index (χ2n) is 4.95. The Morgan fingerprint density at radius 3 is 2.70 bits per heavy atom. The highest BCUT2D eigenvalue weighted by atomic mass is 79.9. The van der Waals surface area contributed by atoms with Crippen LogP contribution >= 0.6 is 15.9 Å². The summed E-state index contributed by atoms with van der Waals surface area (Å²) in [6, 6.07) is 7.36. The highest BCUT2D eigenvalue weighted by molar-refractivity contribution is 9.10. The van der Waals surface area contributed by atoms with Gasteiger partial charge in [0.25, 0.3) is 5.91 Å². The number of halogens is 1. The minimum absolute atomic E-state index is 0.0242. The molecule has 108 valence electrons. The molecule has 1 saturated carbocycles. The van der Waals surface area contributed by atoms with E-state index in [-0.39, 0.29) is 12.5 Å². The zero-order valence-corrected chi connectivity index (χ0v) is 12.9. The first-order valence-electron chi connectivity index (χ1n) is 6.94. The molecule has 0 saturated heterocycles. The zero-order valence-electron chi connectivity index (χ0n) is 11.3. The minimum Gasteiger partial charge on any atom is -0.484 e. The summed E-state index contributed by atoms with van der Waals surface area (Å²) in [5.41, 5.74) is 2.51. The number of hydrazone groups is 1. The molecule has 1 N–H and O–H groups in total. The summed E-state index contributed by atoms with van der Waals surface area (Å²) in [7, 11) is 0. The molecule has 1 amide bonds. The fourth-order valence-electron chi connectivity index (χ4n) is 2.21. The Labute approximate surface area is 127 Å². The topological polar surface area (TPSA) is 50.7 Å². The Morgan fingerprint density at radius 2 is 2.00 bits per heavy atom. The molecule has 0 aromatic heterocycles. The van der Waals surface area contributed by atoms with Crippen molar-refractivity contribution < 1.29 is 9.53 Å². The molecular formula is C15H19BrN2O2. The highest BCUT2D eigenvalue weighted by Crippen LogP contribution is 2.21. The Bertz CT molecular complexity index is 453. The lowest BCUT2D eigenvalue weighted by Gasteiger charge is -2.16. The Balaban J connectivity index is 1.67. The standard InChI is InChI=1S/C15H19BrN2O2/c16-13-6-8-14(9-7-13)20-11-15(19)18-17-10-12-4-2-1-3-5-12/h6-10,12H,1-5,11H2,(H,18,19)/b17-10-. The summed E-state index contributed by atoms with van der Waals surface area (Å²) >= 11 is 3.34. The number of carbonyl (C=O) groups excluding carboxylic acids is 1. The van der Waals surface area contributed by atoms with Crippen LogP contribution in [0.15, 0.2) is 33.8 Å².